The molecule has 180 valence electrons. The number of hydrogen-bond donors (Lipinski definition) is 1. The number of ether oxygens (including phenoxy) is 1. The summed E-state index contributed by atoms with van der Waals surface area (Å²) in [4.78, 5) is 27.0. The van der Waals surface area contributed by atoms with E-state index in [1.54, 1.807) is 45.0 Å². The molecule has 0 aliphatic heterocycles. The zero-order valence-corrected chi connectivity index (χ0v) is 21.1. The van der Waals surface area contributed by atoms with Gasteiger partial charge in [-0.15, -0.1) is 0 Å². The number of rotatable bonds is 9. The van der Waals surface area contributed by atoms with E-state index in [0.29, 0.717) is 38.7 Å². The van der Waals surface area contributed by atoms with E-state index in [2.05, 4.69) is 4.98 Å². The fourth-order valence-corrected chi connectivity index (χ4v) is 5.24. The van der Waals surface area contributed by atoms with Crippen LogP contribution in [0.1, 0.15) is 57.1 Å². The number of aromatic nitrogens is 1. The molecule has 0 unspecified atom stereocenters. The van der Waals surface area contributed by atoms with Crippen molar-refractivity contribution in [1.29, 1.82) is 0 Å². The highest BCUT2D eigenvalue weighted by Crippen LogP contribution is 2.28. The van der Waals surface area contributed by atoms with Crippen LogP contribution >= 0.6 is 11.6 Å². The van der Waals surface area contributed by atoms with E-state index in [4.69, 9.17) is 16.3 Å². The molecule has 0 saturated carbocycles. The van der Waals surface area contributed by atoms with Gasteiger partial charge < -0.3 is 9.72 Å². The topological polar surface area (TPSA) is 96.5 Å². The number of carbonyl (C=O) groups is 2. The van der Waals surface area contributed by atoms with Gasteiger partial charge in [-0.1, -0.05) is 41.9 Å². The Morgan fingerprint density at radius 2 is 1.68 bits per heavy atom. The van der Waals surface area contributed by atoms with E-state index >= 15 is 0 Å². The lowest BCUT2D eigenvalue weighted by molar-refractivity contribution is 0.0519. The zero-order valence-electron chi connectivity index (χ0n) is 19.5. The van der Waals surface area contributed by atoms with Crippen LogP contribution < -0.4 is 0 Å². The van der Waals surface area contributed by atoms with E-state index in [0.717, 1.165) is 0 Å². The standard InChI is InChI=1S/C25H27ClN2O5S/c1-5-33-25(30)24-16(2)22(17(3)27-24)15-28(14-20-8-6-7-9-23(20)26)34(31,32)21-12-10-19(11-13-21)18(4)29/h6-13,27H,5,14-15H2,1-4H3. The number of halogens is 1. The largest absolute Gasteiger partial charge is 0.461 e. The second kappa shape index (κ2) is 10.5. The van der Waals surface area contributed by atoms with Gasteiger partial charge in [0.25, 0.3) is 0 Å². The number of ketones is 1. The number of H-pyrrole nitrogens is 1. The van der Waals surface area contributed by atoms with Crippen molar-refractivity contribution in [3.8, 4) is 0 Å². The van der Waals surface area contributed by atoms with Crippen molar-refractivity contribution >= 4 is 33.4 Å². The molecule has 3 rings (SSSR count). The van der Waals surface area contributed by atoms with Gasteiger partial charge in [0.2, 0.25) is 10.0 Å². The van der Waals surface area contributed by atoms with Crippen LogP contribution in [0.25, 0.3) is 0 Å². The van der Waals surface area contributed by atoms with Crippen LogP contribution in [0.2, 0.25) is 5.02 Å². The van der Waals surface area contributed by atoms with Crippen molar-refractivity contribution in [2.24, 2.45) is 0 Å². The number of carbonyl (C=O) groups excluding carboxylic acids is 2. The van der Waals surface area contributed by atoms with Crippen LogP contribution in [0.4, 0.5) is 0 Å². The smallest absolute Gasteiger partial charge is 0.355 e. The molecule has 0 aliphatic carbocycles. The predicted molar refractivity (Wildman–Crippen MR) is 131 cm³/mol. The fraction of sp³-hybridized carbons (Fsp3) is 0.280. The van der Waals surface area contributed by atoms with Crippen LogP contribution in [0.15, 0.2) is 53.4 Å². The summed E-state index contributed by atoms with van der Waals surface area (Å²) >= 11 is 6.34. The number of hydrogen-bond acceptors (Lipinski definition) is 5. The maximum Gasteiger partial charge on any atom is 0.355 e. The molecule has 1 heterocycles. The molecule has 3 aromatic rings. The molecule has 0 fully saturated rings. The third-order valence-corrected chi connectivity index (χ3v) is 7.78. The van der Waals surface area contributed by atoms with Crippen LogP contribution in [-0.2, 0) is 27.8 Å². The van der Waals surface area contributed by atoms with Crippen LogP contribution in [-0.4, -0.2) is 36.1 Å². The van der Waals surface area contributed by atoms with Gasteiger partial charge in [-0.3, -0.25) is 4.79 Å². The average molecular weight is 503 g/mol. The molecular formula is C25H27ClN2O5S. The zero-order chi connectivity index (χ0) is 25.0. The third-order valence-electron chi connectivity index (χ3n) is 5.61. The highest BCUT2D eigenvalue weighted by atomic mass is 35.5. The Bertz CT molecular complexity index is 1310. The first kappa shape index (κ1) is 25.7. The van der Waals surface area contributed by atoms with Gasteiger partial charge in [0.1, 0.15) is 5.69 Å². The SMILES string of the molecule is CCOC(=O)c1[nH]c(C)c(CN(Cc2ccccc2Cl)S(=O)(=O)c2ccc(C(C)=O)cc2)c1C. The number of aromatic amines is 1. The van der Waals surface area contributed by atoms with Gasteiger partial charge >= 0.3 is 5.97 Å². The molecule has 1 aromatic heterocycles. The maximum absolute atomic E-state index is 13.7. The molecule has 7 nitrogen and oxygen atoms in total. The van der Waals surface area contributed by atoms with Crippen molar-refractivity contribution in [1.82, 2.24) is 9.29 Å². The van der Waals surface area contributed by atoms with Crippen molar-refractivity contribution in [3.05, 3.63) is 87.2 Å². The number of nitrogens with one attached hydrogen (secondary N) is 1. The minimum Gasteiger partial charge on any atom is -0.461 e. The Morgan fingerprint density at radius 1 is 1.03 bits per heavy atom. The first-order chi connectivity index (χ1) is 16.1. The van der Waals surface area contributed by atoms with Gasteiger partial charge in [-0.05, 0) is 62.6 Å². The van der Waals surface area contributed by atoms with Gasteiger partial charge in [0.15, 0.2) is 5.78 Å². The van der Waals surface area contributed by atoms with Gasteiger partial charge in [0, 0.05) is 29.4 Å². The second-order valence-corrected chi connectivity index (χ2v) is 10.2. The number of Topliss-reactive ketones (excluding diaryl/α,β-unsaturated/α-hetero) is 1. The van der Waals surface area contributed by atoms with Crippen molar-refractivity contribution in [2.75, 3.05) is 6.61 Å². The molecule has 0 radical (unpaired) electrons. The van der Waals surface area contributed by atoms with Crippen LogP contribution in [0, 0.1) is 13.8 Å². The monoisotopic (exact) mass is 502 g/mol. The highest BCUT2D eigenvalue weighted by molar-refractivity contribution is 7.89. The van der Waals surface area contributed by atoms with Crippen molar-refractivity contribution in [3.63, 3.8) is 0 Å². The van der Waals surface area contributed by atoms with E-state index in [1.807, 2.05) is 0 Å². The summed E-state index contributed by atoms with van der Waals surface area (Å²) in [7, 11) is -3.98. The molecule has 0 spiro atoms. The van der Waals surface area contributed by atoms with E-state index in [-0.39, 0.29) is 30.4 Å². The van der Waals surface area contributed by atoms with Crippen molar-refractivity contribution < 1.29 is 22.7 Å². The number of esters is 1. The Kier molecular flexibility index (Phi) is 7.97. The number of aryl methyl sites for hydroxylation is 1. The molecule has 34 heavy (non-hydrogen) atoms. The number of sulfonamides is 1. The Balaban J connectivity index is 2.05. The van der Waals surface area contributed by atoms with Crippen molar-refractivity contribution in [2.45, 2.75) is 45.7 Å². The summed E-state index contributed by atoms with van der Waals surface area (Å²) in [5.41, 5.74) is 3.35. The number of nitrogens with zero attached hydrogens (tertiary/aromatic N) is 1. The van der Waals surface area contributed by atoms with E-state index in [9.17, 15) is 18.0 Å². The Hall–Kier alpha value is -2.94. The molecule has 9 heteroatoms. The van der Waals surface area contributed by atoms with Gasteiger partial charge in [-0.25, -0.2) is 13.2 Å². The highest BCUT2D eigenvalue weighted by Gasteiger charge is 2.29. The minimum atomic E-state index is -3.98. The second-order valence-electron chi connectivity index (χ2n) is 7.89. The summed E-state index contributed by atoms with van der Waals surface area (Å²) in [5.74, 6) is -0.642. The molecule has 1 N–H and O–H groups in total. The molecule has 0 aliphatic rings. The summed E-state index contributed by atoms with van der Waals surface area (Å²) in [6.45, 7) is 6.95. The quantitative estimate of drug-likeness (QED) is 0.326. The first-order valence-electron chi connectivity index (χ1n) is 10.8. The molecular weight excluding hydrogens is 476 g/mol. The maximum atomic E-state index is 13.7. The normalized spacial score (nSPS) is 11.6. The lowest BCUT2D eigenvalue weighted by Crippen LogP contribution is -2.31. The van der Waals surface area contributed by atoms with E-state index < -0.39 is 16.0 Å². The Morgan fingerprint density at radius 3 is 2.26 bits per heavy atom. The molecule has 0 saturated heterocycles. The molecule has 0 amide bonds. The fourth-order valence-electron chi connectivity index (χ4n) is 3.66. The minimum absolute atomic E-state index is 0.00951. The summed E-state index contributed by atoms with van der Waals surface area (Å²) in [5, 5.41) is 0.448. The Labute approximate surface area is 204 Å². The van der Waals surface area contributed by atoms with E-state index in [1.165, 1.54) is 35.5 Å². The average Bonchev–Trinajstić information content (AvgIpc) is 3.08. The summed E-state index contributed by atoms with van der Waals surface area (Å²) in [6.07, 6.45) is 0. The van der Waals surface area contributed by atoms with Crippen LogP contribution in [0.5, 0.6) is 0 Å². The van der Waals surface area contributed by atoms with Gasteiger partial charge in [0.05, 0.1) is 11.5 Å². The molecule has 2 aromatic carbocycles. The predicted octanol–water partition coefficient (Wildman–Crippen LogP) is 5.06. The summed E-state index contributed by atoms with van der Waals surface area (Å²) in [6, 6.07) is 12.9. The van der Waals surface area contributed by atoms with Crippen LogP contribution in [0.3, 0.4) is 0 Å². The molecule has 0 bridgehead atoms. The van der Waals surface area contributed by atoms with Gasteiger partial charge in [-0.2, -0.15) is 4.31 Å². The summed E-state index contributed by atoms with van der Waals surface area (Å²) < 4.78 is 33.8. The first-order valence-corrected chi connectivity index (χ1v) is 12.6. The lowest BCUT2D eigenvalue weighted by atomic mass is 10.1. The lowest BCUT2D eigenvalue weighted by Gasteiger charge is -2.23. The molecule has 0 atom stereocenters. The number of benzene rings is 2. The third kappa shape index (κ3) is 5.41.